The number of aromatic nitrogens is 1. The number of halogens is 1. The van der Waals surface area contributed by atoms with Crippen molar-refractivity contribution in [1.82, 2.24) is 4.98 Å². The van der Waals surface area contributed by atoms with Gasteiger partial charge in [-0.3, -0.25) is 4.98 Å². The summed E-state index contributed by atoms with van der Waals surface area (Å²) in [6.45, 7) is 1.97. The second-order valence-electron chi connectivity index (χ2n) is 3.93. The number of hydrogen-bond acceptors (Lipinski definition) is 5. The zero-order chi connectivity index (χ0) is 14.7. The molecular weight excluding hydrogens is 282 g/mol. The highest BCUT2D eigenvalue weighted by Crippen LogP contribution is 2.27. The molecule has 0 spiro atoms. The summed E-state index contributed by atoms with van der Waals surface area (Å²) in [6, 6.07) is 4.75. The zero-order valence-electron chi connectivity index (χ0n) is 11.0. The van der Waals surface area contributed by atoms with Gasteiger partial charge in [0, 0.05) is 11.6 Å². The first kappa shape index (κ1) is 14.3. The van der Waals surface area contributed by atoms with Crippen molar-refractivity contribution in [3.63, 3.8) is 0 Å². The van der Waals surface area contributed by atoms with Crippen molar-refractivity contribution in [2.45, 2.75) is 6.92 Å². The molecule has 2 rings (SSSR count). The zero-order valence-corrected chi connectivity index (χ0v) is 11.7. The van der Waals surface area contributed by atoms with Gasteiger partial charge in [0.2, 0.25) is 0 Å². The number of rotatable bonds is 3. The average Bonchev–Trinajstić information content (AvgIpc) is 2.46. The van der Waals surface area contributed by atoms with Gasteiger partial charge in [-0.2, -0.15) is 0 Å². The number of hydrogen-bond donors (Lipinski definition) is 0. The molecule has 0 atom stereocenters. The van der Waals surface area contributed by atoms with Gasteiger partial charge in [0.25, 0.3) is 0 Å². The fourth-order valence-electron chi connectivity index (χ4n) is 1.76. The van der Waals surface area contributed by atoms with E-state index < -0.39 is 11.9 Å². The first-order valence-corrected chi connectivity index (χ1v) is 6.30. The molecule has 104 valence electrons. The Kier molecular flexibility index (Phi) is 4.20. The predicted molar refractivity (Wildman–Crippen MR) is 74.0 cm³/mol. The van der Waals surface area contributed by atoms with Gasteiger partial charge in [-0.1, -0.05) is 17.7 Å². The third-order valence-corrected chi connectivity index (χ3v) is 3.13. The maximum absolute atomic E-state index is 11.7. The normalized spacial score (nSPS) is 10.3. The van der Waals surface area contributed by atoms with Gasteiger partial charge in [0.05, 0.1) is 35.4 Å². The number of carbonyl (C=O) groups is 2. The molecule has 0 amide bonds. The molecule has 5 nitrogen and oxygen atoms in total. The van der Waals surface area contributed by atoms with Gasteiger partial charge in [-0.25, -0.2) is 9.59 Å². The van der Waals surface area contributed by atoms with Crippen LogP contribution in [0.5, 0.6) is 0 Å². The number of methoxy groups -OCH3 is 1. The van der Waals surface area contributed by atoms with E-state index in [1.165, 1.54) is 13.3 Å². The van der Waals surface area contributed by atoms with Gasteiger partial charge in [0.1, 0.15) is 0 Å². The van der Waals surface area contributed by atoms with Crippen LogP contribution in [0.2, 0.25) is 5.02 Å². The van der Waals surface area contributed by atoms with Gasteiger partial charge in [-0.15, -0.1) is 0 Å². The van der Waals surface area contributed by atoms with Gasteiger partial charge in [0.15, 0.2) is 0 Å². The van der Waals surface area contributed by atoms with Crippen LogP contribution in [0.25, 0.3) is 10.9 Å². The summed E-state index contributed by atoms with van der Waals surface area (Å²) in [5, 5.41) is 0.828. The summed E-state index contributed by atoms with van der Waals surface area (Å²) < 4.78 is 9.54. The summed E-state index contributed by atoms with van der Waals surface area (Å²) in [5.74, 6) is -0.983. The van der Waals surface area contributed by atoms with Crippen LogP contribution in [0.3, 0.4) is 0 Å². The Morgan fingerprint density at radius 3 is 2.70 bits per heavy atom. The van der Waals surface area contributed by atoms with E-state index >= 15 is 0 Å². The molecule has 2 aromatic rings. The van der Waals surface area contributed by atoms with Crippen LogP contribution in [-0.2, 0) is 9.47 Å². The van der Waals surface area contributed by atoms with Crippen molar-refractivity contribution in [3.8, 4) is 0 Å². The standard InChI is InChI=1S/C14H12ClNO4/c1-3-20-14(18)10-7-16-11-6-8(13(17)19-2)4-5-9(11)12(10)15/h4-7H,3H2,1-2H3. The second-order valence-corrected chi connectivity index (χ2v) is 4.31. The Morgan fingerprint density at radius 1 is 1.30 bits per heavy atom. The van der Waals surface area contributed by atoms with Crippen molar-refractivity contribution in [1.29, 1.82) is 0 Å². The van der Waals surface area contributed by atoms with Crippen molar-refractivity contribution in [3.05, 3.63) is 40.5 Å². The Hall–Kier alpha value is -2.14. The monoisotopic (exact) mass is 293 g/mol. The highest BCUT2D eigenvalue weighted by molar-refractivity contribution is 6.38. The van der Waals surface area contributed by atoms with E-state index in [4.69, 9.17) is 16.3 Å². The van der Waals surface area contributed by atoms with E-state index in [-0.39, 0.29) is 17.2 Å². The lowest BCUT2D eigenvalue weighted by atomic mass is 10.1. The molecular formula is C14H12ClNO4. The highest BCUT2D eigenvalue weighted by Gasteiger charge is 2.16. The van der Waals surface area contributed by atoms with Gasteiger partial charge in [-0.05, 0) is 19.1 Å². The lowest BCUT2D eigenvalue weighted by Crippen LogP contribution is -2.06. The molecule has 1 aromatic heterocycles. The molecule has 0 fully saturated rings. The van der Waals surface area contributed by atoms with Crippen molar-refractivity contribution in [2.75, 3.05) is 13.7 Å². The lowest BCUT2D eigenvalue weighted by Gasteiger charge is -2.07. The van der Waals surface area contributed by atoms with E-state index in [0.29, 0.717) is 16.5 Å². The average molecular weight is 294 g/mol. The minimum atomic E-state index is -0.524. The van der Waals surface area contributed by atoms with Crippen LogP contribution < -0.4 is 0 Å². The SMILES string of the molecule is CCOC(=O)c1cnc2cc(C(=O)OC)ccc2c1Cl. The molecule has 0 aliphatic rings. The molecule has 1 heterocycles. The van der Waals surface area contributed by atoms with Crippen LogP contribution in [0, 0.1) is 0 Å². The third kappa shape index (κ3) is 2.58. The van der Waals surface area contributed by atoms with Gasteiger partial charge < -0.3 is 9.47 Å². The van der Waals surface area contributed by atoms with E-state index in [0.717, 1.165) is 0 Å². The summed E-state index contributed by atoms with van der Waals surface area (Å²) in [4.78, 5) is 27.3. The number of nitrogens with zero attached hydrogens (tertiary/aromatic N) is 1. The van der Waals surface area contributed by atoms with E-state index in [1.807, 2.05) is 0 Å². The Balaban J connectivity index is 2.52. The number of pyridine rings is 1. The number of ether oxygens (including phenoxy) is 2. The predicted octanol–water partition coefficient (Wildman–Crippen LogP) is 2.85. The quantitative estimate of drug-likeness (QED) is 0.814. The van der Waals surface area contributed by atoms with Crippen LogP contribution in [0.4, 0.5) is 0 Å². The Labute approximate surface area is 120 Å². The summed E-state index contributed by atoms with van der Waals surface area (Å²) in [7, 11) is 1.30. The van der Waals surface area contributed by atoms with Crippen LogP contribution >= 0.6 is 11.6 Å². The fourth-order valence-corrected chi connectivity index (χ4v) is 2.04. The third-order valence-electron chi connectivity index (χ3n) is 2.72. The van der Waals surface area contributed by atoms with Crippen LogP contribution in [0.1, 0.15) is 27.6 Å². The molecule has 0 bridgehead atoms. The first-order valence-electron chi connectivity index (χ1n) is 5.92. The summed E-state index contributed by atoms with van der Waals surface area (Å²) in [6.07, 6.45) is 1.34. The molecule has 0 saturated heterocycles. The smallest absolute Gasteiger partial charge is 0.341 e. The van der Waals surface area contributed by atoms with E-state index in [1.54, 1.807) is 25.1 Å². The van der Waals surface area contributed by atoms with E-state index in [9.17, 15) is 9.59 Å². The second kappa shape index (κ2) is 5.88. The van der Waals surface area contributed by atoms with Crippen molar-refractivity contribution in [2.24, 2.45) is 0 Å². The maximum Gasteiger partial charge on any atom is 0.341 e. The summed E-state index contributed by atoms with van der Waals surface area (Å²) >= 11 is 6.18. The largest absolute Gasteiger partial charge is 0.465 e. The number of esters is 2. The van der Waals surface area contributed by atoms with E-state index in [2.05, 4.69) is 9.72 Å². The molecule has 1 aromatic carbocycles. The molecule has 0 unspecified atom stereocenters. The minimum Gasteiger partial charge on any atom is -0.465 e. The first-order chi connectivity index (χ1) is 9.58. The number of benzene rings is 1. The summed E-state index contributed by atoms with van der Waals surface area (Å²) in [5.41, 5.74) is 1.07. The highest BCUT2D eigenvalue weighted by atomic mass is 35.5. The number of carbonyl (C=O) groups excluding carboxylic acids is 2. The number of fused-ring (bicyclic) bond motifs is 1. The van der Waals surface area contributed by atoms with Gasteiger partial charge >= 0.3 is 11.9 Å². The lowest BCUT2D eigenvalue weighted by molar-refractivity contribution is 0.0525. The molecule has 6 heteroatoms. The fraction of sp³-hybridized carbons (Fsp3) is 0.214. The molecule has 0 saturated carbocycles. The molecule has 20 heavy (non-hydrogen) atoms. The molecule has 0 aliphatic carbocycles. The molecule has 0 aliphatic heterocycles. The molecule has 0 radical (unpaired) electrons. The minimum absolute atomic E-state index is 0.201. The maximum atomic E-state index is 11.7. The van der Waals surface area contributed by atoms with Crippen molar-refractivity contribution < 1.29 is 19.1 Å². The van der Waals surface area contributed by atoms with Crippen molar-refractivity contribution >= 4 is 34.4 Å². The van der Waals surface area contributed by atoms with Crippen LogP contribution in [0.15, 0.2) is 24.4 Å². The Morgan fingerprint density at radius 2 is 2.05 bits per heavy atom. The molecule has 0 N–H and O–H groups in total. The Bertz CT molecular complexity index is 684. The van der Waals surface area contributed by atoms with Crippen LogP contribution in [-0.4, -0.2) is 30.6 Å². The topological polar surface area (TPSA) is 65.5 Å².